The monoisotopic (exact) mass is 388 g/mol. The Morgan fingerprint density at radius 2 is 1.97 bits per heavy atom. The van der Waals surface area contributed by atoms with E-state index in [1.54, 1.807) is 53.3 Å². The summed E-state index contributed by atoms with van der Waals surface area (Å²) in [6.45, 7) is 4.49. The summed E-state index contributed by atoms with van der Waals surface area (Å²) in [5.41, 5.74) is 4.31. The van der Waals surface area contributed by atoms with E-state index in [-0.39, 0.29) is 17.6 Å². The molecule has 0 spiro atoms. The van der Waals surface area contributed by atoms with Crippen molar-refractivity contribution >= 4 is 29.0 Å². The lowest BCUT2D eigenvalue weighted by Crippen LogP contribution is -2.14. The zero-order chi connectivity index (χ0) is 20.5. The lowest BCUT2D eigenvalue weighted by atomic mass is 10.0. The Morgan fingerprint density at radius 3 is 2.72 bits per heavy atom. The van der Waals surface area contributed by atoms with Crippen LogP contribution in [0.15, 0.2) is 48.7 Å². The summed E-state index contributed by atoms with van der Waals surface area (Å²) < 4.78 is 1.75. The van der Waals surface area contributed by atoms with Gasteiger partial charge in [0.05, 0.1) is 18.2 Å². The van der Waals surface area contributed by atoms with Gasteiger partial charge in [-0.15, -0.1) is 0 Å². The van der Waals surface area contributed by atoms with Gasteiger partial charge in [-0.2, -0.15) is 5.10 Å². The van der Waals surface area contributed by atoms with Gasteiger partial charge in [0.2, 0.25) is 5.91 Å². The number of anilines is 2. The average Bonchev–Trinajstić information content (AvgIpc) is 3.28. The second-order valence-electron chi connectivity index (χ2n) is 6.92. The van der Waals surface area contributed by atoms with Crippen LogP contribution in [0.3, 0.4) is 0 Å². The minimum absolute atomic E-state index is 0.0732. The molecule has 0 aliphatic carbocycles. The molecule has 0 unspecified atom stereocenters. The number of nitrogens with one attached hydrogen (secondary N) is 2. The van der Waals surface area contributed by atoms with E-state index in [1.165, 1.54) is 0 Å². The van der Waals surface area contributed by atoms with E-state index in [4.69, 9.17) is 0 Å². The van der Waals surface area contributed by atoms with Crippen molar-refractivity contribution in [2.75, 3.05) is 10.6 Å². The largest absolute Gasteiger partial charge is 0.326 e. The smallest absolute Gasteiger partial charge is 0.259 e. The molecule has 0 saturated carbocycles. The third-order valence-electron chi connectivity index (χ3n) is 5.03. The predicted molar refractivity (Wildman–Crippen MR) is 109 cm³/mol. The number of ketones is 1. The van der Waals surface area contributed by atoms with Gasteiger partial charge in [-0.1, -0.05) is 24.3 Å². The Hall–Kier alpha value is -3.74. The van der Waals surface area contributed by atoms with E-state index in [0.717, 1.165) is 11.3 Å². The maximum absolute atomic E-state index is 12.9. The van der Waals surface area contributed by atoms with E-state index in [9.17, 15) is 14.4 Å². The number of hydrogen-bond acceptors (Lipinski definition) is 4. The molecular formula is C22H20N4O3. The maximum atomic E-state index is 12.9. The molecule has 0 atom stereocenters. The molecule has 4 rings (SSSR count). The van der Waals surface area contributed by atoms with Crippen molar-refractivity contribution in [2.45, 2.75) is 26.8 Å². The third kappa shape index (κ3) is 3.54. The van der Waals surface area contributed by atoms with Crippen LogP contribution in [-0.2, 0) is 17.8 Å². The van der Waals surface area contributed by atoms with Gasteiger partial charge in [0.25, 0.3) is 5.91 Å². The first-order valence-electron chi connectivity index (χ1n) is 9.37. The Morgan fingerprint density at radius 1 is 1.17 bits per heavy atom. The Balaban J connectivity index is 1.55. The van der Waals surface area contributed by atoms with Crippen molar-refractivity contribution in [3.63, 3.8) is 0 Å². The minimum atomic E-state index is -0.271. The van der Waals surface area contributed by atoms with Crippen molar-refractivity contribution in [3.8, 4) is 0 Å². The molecule has 2 heterocycles. The molecule has 0 bridgehead atoms. The predicted octanol–water partition coefficient (Wildman–Crippen LogP) is 3.19. The summed E-state index contributed by atoms with van der Waals surface area (Å²) in [4.78, 5) is 37.0. The second kappa shape index (κ2) is 7.35. The van der Waals surface area contributed by atoms with E-state index in [0.29, 0.717) is 41.0 Å². The number of benzene rings is 2. The summed E-state index contributed by atoms with van der Waals surface area (Å²) in [6.07, 6.45) is 1.88. The van der Waals surface area contributed by atoms with E-state index < -0.39 is 0 Å². The van der Waals surface area contributed by atoms with Crippen LogP contribution in [0, 0.1) is 6.92 Å². The number of amides is 2. The van der Waals surface area contributed by atoms with Crippen molar-refractivity contribution in [1.82, 2.24) is 9.78 Å². The molecule has 0 radical (unpaired) electrons. The van der Waals surface area contributed by atoms with Crippen LogP contribution in [0.1, 0.15) is 44.5 Å². The molecule has 29 heavy (non-hydrogen) atoms. The van der Waals surface area contributed by atoms with Crippen molar-refractivity contribution in [3.05, 3.63) is 76.6 Å². The first-order valence-corrected chi connectivity index (χ1v) is 9.37. The number of nitrogens with zero attached hydrogens (tertiary/aromatic N) is 2. The highest BCUT2D eigenvalue weighted by atomic mass is 16.2. The SMILES string of the molecule is CCn1ncc(C(=O)Nc2cccc(C(=O)c3ccc4c(c3)NC(=O)C4)c2)c1C. The van der Waals surface area contributed by atoms with Crippen molar-refractivity contribution in [1.29, 1.82) is 0 Å². The molecule has 2 N–H and O–H groups in total. The lowest BCUT2D eigenvalue weighted by molar-refractivity contribution is -0.115. The molecule has 0 saturated heterocycles. The molecule has 2 amide bonds. The summed E-state index contributed by atoms with van der Waals surface area (Å²) in [5, 5.41) is 9.77. The van der Waals surface area contributed by atoms with Gasteiger partial charge in [-0.05, 0) is 37.6 Å². The normalized spacial score (nSPS) is 12.4. The molecular weight excluding hydrogens is 368 g/mol. The molecule has 7 heteroatoms. The Bertz CT molecular complexity index is 1150. The number of carbonyl (C=O) groups is 3. The summed E-state index contributed by atoms with van der Waals surface area (Å²) in [7, 11) is 0. The molecule has 2 aromatic carbocycles. The van der Waals surface area contributed by atoms with Gasteiger partial charge < -0.3 is 10.6 Å². The Labute approximate surface area is 167 Å². The van der Waals surface area contributed by atoms with Crippen LogP contribution in [0.2, 0.25) is 0 Å². The average molecular weight is 388 g/mol. The highest BCUT2D eigenvalue weighted by molar-refractivity contribution is 6.12. The summed E-state index contributed by atoms with van der Waals surface area (Å²) >= 11 is 0. The lowest BCUT2D eigenvalue weighted by Gasteiger charge is -2.08. The van der Waals surface area contributed by atoms with Crippen LogP contribution in [0.5, 0.6) is 0 Å². The molecule has 1 aliphatic heterocycles. The number of aryl methyl sites for hydroxylation is 1. The standard InChI is InChI=1S/C22H20N4O3/c1-3-26-13(2)18(12-23-26)22(29)24-17-6-4-5-15(9-17)21(28)16-8-7-14-11-20(27)25-19(14)10-16/h4-10,12H,3,11H2,1-2H3,(H,24,29)(H,25,27). The van der Waals surface area contributed by atoms with Crippen LogP contribution in [-0.4, -0.2) is 27.4 Å². The first-order chi connectivity index (χ1) is 14.0. The molecule has 1 aromatic heterocycles. The summed E-state index contributed by atoms with van der Waals surface area (Å²) in [5.74, 6) is -0.525. The van der Waals surface area contributed by atoms with Gasteiger partial charge in [-0.3, -0.25) is 19.1 Å². The summed E-state index contributed by atoms with van der Waals surface area (Å²) in [6, 6.07) is 12.0. The highest BCUT2D eigenvalue weighted by Gasteiger charge is 2.20. The second-order valence-corrected chi connectivity index (χ2v) is 6.92. The highest BCUT2D eigenvalue weighted by Crippen LogP contribution is 2.26. The fourth-order valence-electron chi connectivity index (χ4n) is 3.45. The molecule has 3 aromatic rings. The first kappa shape index (κ1) is 18.6. The fraction of sp³-hybridized carbons (Fsp3) is 0.182. The van der Waals surface area contributed by atoms with E-state index >= 15 is 0 Å². The van der Waals surface area contributed by atoms with Gasteiger partial charge in [0, 0.05) is 34.7 Å². The number of carbonyl (C=O) groups excluding carboxylic acids is 3. The van der Waals surface area contributed by atoms with Crippen LogP contribution >= 0.6 is 0 Å². The molecule has 0 fully saturated rings. The number of fused-ring (bicyclic) bond motifs is 1. The fourth-order valence-corrected chi connectivity index (χ4v) is 3.45. The van der Waals surface area contributed by atoms with E-state index in [2.05, 4.69) is 15.7 Å². The van der Waals surface area contributed by atoms with E-state index in [1.807, 2.05) is 13.8 Å². The zero-order valence-electron chi connectivity index (χ0n) is 16.2. The van der Waals surface area contributed by atoms with Gasteiger partial charge in [0.1, 0.15) is 0 Å². The van der Waals surface area contributed by atoms with Crippen LogP contribution < -0.4 is 10.6 Å². The van der Waals surface area contributed by atoms with Gasteiger partial charge in [0.15, 0.2) is 5.78 Å². The van der Waals surface area contributed by atoms with Crippen LogP contribution in [0.25, 0.3) is 0 Å². The molecule has 146 valence electrons. The molecule has 7 nitrogen and oxygen atoms in total. The zero-order valence-corrected chi connectivity index (χ0v) is 16.2. The number of hydrogen-bond donors (Lipinski definition) is 2. The number of aromatic nitrogens is 2. The van der Waals surface area contributed by atoms with Gasteiger partial charge >= 0.3 is 0 Å². The topological polar surface area (TPSA) is 93.1 Å². The van der Waals surface area contributed by atoms with Gasteiger partial charge in [-0.25, -0.2) is 0 Å². The Kier molecular flexibility index (Phi) is 4.72. The third-order valence-corrected chi connectivity index (χ3v) is 5.03. The van der Waals surface area contributed by atoms with Crippen LogP contribution in [0.4, 0.5) is 11.4 Å². The number of rotatable bonds is 5. The van der Waals surface area contributed by atoms with Crippen molar-refractivity contribution in [2.24, 2.45) is 0 Å². The maximum Gasteiger partial charge on any atom is 0.259 e. The molecule has 1 aliphatic rings. The van der Waals surface area contributed by atoms with Crippen molar-refractivity contribution < 1.29 is 14.4 Å². The minimum Gasteiger partial charge on any atom is -0.326 e. The quantitative estimate of drug-likeness (QED) is 0.657.